The molecule has 0 spiro atoms. The predicted molar refractivity (Wildman–Crippen MR) is 97.4 cm³/mol. The number of hydrogen-bond acceptors (Lipinski definition) is 5. The van der Waals surface area contributed by atoms with E-state index in [1.54, 1.807) is 0 Å². The summed E-state index contributed by atoms with van der Waals surface area (Å²) < 4.78 is 0. The van der Waals surface area contributed by atoms with Gasteiger partial charge in [-0.3, -0.25) is 14.9 Å². The SMILES string of the molecule is CC(C)[C@H](NC(=O)Cc1ccccc1)C(=O)Nc1nnc(C2CC2)s1. The lowest BCUT2D eigenvalue weighted by Crippen LogP contribution is -2.47. The van der Waals surface area contributed by atoms with Gasteiger partial charge in [0.2, 0.25) is 16.9 Å². The first kappa shape index (κ1) is 17.5. The largest absolute Gasteiger partial charge is 0.344 e. The van der Waals surface area contributed by atoms with Crippen LogP contribution in [0.1, 0.15) is 43.2 Å². The van der Waals surface area contributed by atoms with Crippen molar-refractivity contribution in [1.29, 1.82) is 0 Å². The van der Waals surface area contributed by atoms with Gasteiger partial charge in [0.15, 0.2) is 0 Å². The molecular weight excluding hydrogens is 336 g/mol. The van der Waals surface area contributed by atoms with E-state index in [0.717, 1.165) is 23.4 Å². The number of anilines is 1. The highest BCUT2D eigenvalue weighted by molar-refractivity contribution is 7.15. The monoisotopic (exact) mass is 358 g/mol. The van der Waals surface area contributed by atoms with E-state index >= 15 is 0 Å². The fourth-order valence-corrected chi connectivity index (χ4v) is 3.42. The molecule has 2 amide bonds. The maximum absolute atomic E-state index is 12.5. The minimum Gasteiger partial charge on any atom is -0.344 e. The van der Waals surface area contributed by atoms with Crippen molar-refractivity contribution in [3.05, 3.63) is 40.9 Å². The lowest BCUT2D eigenvalue weighted by atomic mass is 10.0. The molecule has 0 bridgehead atoms. The van der Waals surface area contributed by atoms with Crippen molar-refractivity contribution >= 4 is 28.3 Å². The van der Waals surface area contributed by atoms with Gasteiger partial charge < -0.3 is 5.32 Å². The number of hydrogen-bond donors (Lipinski definition) is 2. The molecule has 1 atom stereocenters. The van der Waals surface area contributed by atoms with Gasteiger partial charge in [0, 0.05) is 5.92 Å². The molecule has 132 valence electrons. The van der Waals surface area contributed by atoms with Gasteiger partial charge in [-0.25, -0.2) is 0 Å². The first-order valence-corrected chi connectivity index (χ1v) is 9.32. The molecule has 2 N–H and O–H groups in total. The molecule has 1 heterocycles. The number of amides is 2. The van der Waals surface area contributed by atoms with Gasteiger partial charge in [-0.1, -0.05) is 55.5 Å². The smallest absolute Gasteiger partial charge is 0.249 e. The Morgan fingerprint density at radius 1 is 1.20 bits per heavy atom. The summed E-state index contributed by atoms with van der Waals surface area (Å²) in [7, 11) is 0. The topological polar surface area (TPSA) is 84.0 Å². The van der Waals surface area contributed by atoms with Crippen molar-refractivity contribution in [3.63, 3.8) is 0 Å². The third kappa shape index (κ3) is 4.85. The lowest BCUT2D eigenvalue weighted by molar-refractivity contribution is -0.127. The maximum Gasteiger partial charge on any atom is 0.249 e. The number of nitrogens with one attached hydrogen (secondary N) is 2. The van der Waals surface area contributed by atoms with Gasteiger partial charge in [-0.05, 0) is 24.3 Å². The fourth-order valence-electron chi connectivity index (χ4n) is 2.50. The quantitative estimate of drug-likeness (QED) is 0.797. The van der Waals surface area contributed by atoms with Crippen molar-refractivity contribution in [3.8, 4) is 0 Å². The maximum atomic E-state index is 12.5. The van der Waals surface area contributed by atoms with Gasteiger partial charge in [-0.2, -0.15) is 0 Å². The zero-order valence-corrected chi connectivity index (χ0v) is 15.2. The first-order chi connectivity index (χ1) is 12.0. The molecular formula is C18H22N4O2S. The number of aromatic nitrogens is 2. The van der Waals surface area contributed by atoms with Crippen molar-refractivity contribution in [1.82, 2.24) is 15.5 Å². The van der Waals surface area contributed by atoms with Crippen LogP contribution >= 0.6 is 11.3 Å². The van der Waals surface area contributed by atoms with Crippen LogP contribution in [0.15, 0.2) is 30.3 Å². The van der Waals surface area contributed by atoms with E-state index in [0.29, 0.717) is 11.0 Å². The number of rotatable bonds is 7. The Bertz CT molecular complexity index is 741. The Kier molecular flexibility index (Phi) is 5.43. The highest BCUT2D eigenvalue weighted by Crippen LogP contribution is 2.42. The zero-order chi connectivity index (χ0) is 17.8. The molecule has 0 unspecified atom stereocenters. The van der Waals surface area contributed by atoms with Crippen molar-refractivity contribution in [2.24, 2.45) is 5.92 Å². The molecule has 0 radical (unpaired) electrons. The van der Waals surface area contributed by atoms with Crippen molar-refractivity contribution in [2.45, 2.75) is 45.1 Å². The second kappa shape index (κ2) is 7.74. The highest BCUT2D eigenvalue weighted by atomic mass is 32.1. The van der Waals surface area contributed by atoms with Crippen LogP contribution in [-0.2, 0) is 16.0 Å². The summed E-state index contributed by atoms with van der Waals surface area (Å²) in [4.78, 5) is 24.8. The minimum absolute atomic E-state index is 0.0319. The van der Waals surface area contributed by atoms with Crippen LogP contribution in [0.4, 0.5) is 5.13 Å². The Labute approximate surface area is 151 Å². The summed E-state index contributed by atoms with van der Waals surface area (Å²) in [6, 6.07) is 8.87. The van der Waals surface area contributed by atoms with E-state index in [2.05, 4.69) is 20.8 Å². The molecule has 7 heteroatoms. The van der Waals surface area contributed by atoms with E-state index in [1.165, 1.54) is 11.3 Å². The Morgan fingerprint density at radius 3 is 2.56 bits per heavy atom. The summed E-state index contributed by atoms with van der Waals surface area (Å²) in [5, 5.41) is 15.2. The second-order valence-corrected chi connectivity index (χ2v) is 7.67. The predicted octanol–water partition coefficient (Wildman–Crippen LogP) is 2.74. The first-order valence-electron chi connectivity index (χ1n) is 8.50. The van der Waals surface area contributed by atoms with E-state index in [1.807, 2.05) is 44.2 Å². The molecule has 2 aromatic rings. The second-order valence-electron chi connectivity index (χ2n) is 6.66. The molecule has 1 aliphatic carbocycles. The molecule has 1 fully saturated rings. The Morgan fingerprint density at radius 2 is 1.92 bits per heavy atom. The summed E-state index contributed by atoms with van der Waals surface area (Å²) in [5.41, 5.74) is 0.918. The van der Waals surface area contributed by atoms with E-state index in [4.69, 9.17) is 0 Å². The molecule has 3 rings (SSSR count). The van der Waals surface area contributed by atoms with E-state index in [-0.39, 0.29) is 24.2 Å². The van der Waals surface area contributed by atoms with Gasteiger partial charge in [0.05, 0.1) is 6.42 Å². The van der Waals surface area contributed by atoms with E-state index in [9.17, 15) is 9.59 Å². The Hall–Kier alpha value is -2.28. The zero-order valence-electron chi connectivity index (χ0n) is 14.4. The number of benzene rings is 1. The molecule has 6 nitrogen and oxygen atoms in total. The van der Waals surface area contributed by atoms with Crippen LogP contribution in [-0.4, -0.2) is 28.1 Å². The minimum atomic E-state index is -0.607. The summed E-state index contributed by atoms with van der Waals surface area (Å²) in [6.07, 6.45) is 2.54. The van der Waals surface area contributed by atoms with Gasteiger partial charge in [0.1, 0.15) is 11.0 Å². The third-order valence-electron chi connectivity index (χ3n) is 4.07. The fraction of sp³-hybridized carbons (Fsp3) is 0.444. The van der Waals surface area contributed by atoms with Gasteiger partial charge >= 0.3 is 0 Å². The standard InChI is InChI=1S/C18H22N4O2S/c1-11(2)15(19-14(23)10-12-6-4-3-5-7-12)16(24)20-18-22-21-17(25-18)13-8-9-13/h3-7,11,13,15H,8-10H2,1-2H3,(H,19,23)(H,20,22,24)/t15-/m0/s1. The van der Waals surface area contributed by atoms with Crippen molar-refractivity contribution in [2.75, 3.05) is 5.32 Å². The molecule has 0 aliphatic heterocycles. The molecule has 1 aromatic carbocycles. The Balaban J connectivity index is 1.59. The molecule has 1 aliphatic rings. The van der Waals surface area contributed by atoms with Crippen LogP contribution in [0, 0.1) is 5.92 Å². The molecule has 1 aromatic heterocycles. The summed E-state index contributed by atoms with van der Waals surface area (Å²) in [6.45, 7) is 3.81. The van der Waals surface area contributed by atoms with Crippen LogP contribution < -0.4 is 10.6 Å². The molecule has 0 saturated heterocycles. The van der Waals surface area contributed by atoms with Crippen LogP contribution in [0.25, 0.3) is 0 Å². The number of nitrogens with zero attached hydrogens (tertiary/aromatic N) is 2. The summed E-state index contributed by atoms with van der Waals surface area (Å²) >= 11 is 1.42. The molecule has 1 saturated carbocycles. The number of carbonyl (C=O) groups excluding carboxylic acids is 2. The normalized spacial score (nSPS) is 15.0. The third-order valence-corrected chi connectivity index (χ3v) is 5.07. The van der Waals surface area contributed by atoms with Crippen LogP contribution in [0.5, 0.6) is 0 Å². The van der Waals surface area contributed by atoms with Crippen LogP contribution in [0.2, 0.25) is 0 Å². The van der Waals surface area contributed by atoms with Gasteiger partial charge in [0.25, 0.3) is 0 Å². The lowest BCUT2D eigenvalue weighted by Gasteiger charge is -2.21. The average molecular weight is 358 g/mol. The number of carbonyl (C=O) groups is 2. The van der Waals surface area contributed by atoms with E-state index < -0.39 is 6.04 Å². The average Bonchev–Trinajstić information content (AvgIpc) is 3.33. The van der Waals surface area contributed by atoms with Gasteiger partial charge in [-0.15, -0.1) is 10.2 Å². The molecule has 25 heavy (non-hydrogen) atoms. The van der Waals surface area contributed by atoms with Crippen LogP contribution in [0.3, 0.4) is 0 Å². The highest BCUT2D eigenvalue weighted by Gasteiger charge is 2.29. The summed E-state index contributed by atoms with van der Waals surface area (Å²) in [5.74, 6) is 0.0519. The van der Waals surface area contributed by atoms with Crippen molar-refractivity contribution < 1.29 is 9.59 Å².